The molecule has 0 aliphatic carbocycles. The summed E-state index contributed by atoms with van der Waals surface area (Å²) in [5.74, 6) is -0.314. The molecule has 0 amide bonds. The first-order valence-corrected chi connectivity index (χ1v) is 4.14. The van der Waals surface area contributed by atoms with E-state index >= 15 is 0 Å². The molecule has 12 heavy (non-hydrogen) atoms. The molecule has 1 fully saturated rings. The van der Waals surface area contributed by atoms with Crippen LogP contribution < -0.4 is 0 Å². The van der Waals surface area contributed by atoms with E-state index in [1.54, 1.807) is 6.92 Å². The van der Waals surface area contributed by atoms with Gasteiger partial charge in [0.15, 0.2) is 0 Å². The molecule has 1 aliphatic rings. The average molecular weight is 170 g/mol. The Morgan fingerprint density at radius 3 is 2.92 bits per heavy atom. The first-order chi connectivity index (χ1) is 5.70. The van der Waals surface area contributed by atoms with Gasteiger partial charge in [-0.2, -0.15) is 0 Å². The van der Waals surface area contributed by atoms with Crippen molar-refractivity contribution in [2.24, 2.45) is 0 Å². The molecule has 0 aromatic rings. The highest BCUT2D eigenvalue weighted by molar-refractivity contribution is 5.87. The summed E-state index contributed by atoms with van der Waals surface area (Å²) < 4.78 is 10.2. The number of rotatable bonds is 2. The van der Waals surface area contributed by atoms with Crippen LogP contribution in [0.3, 0.4) is 0 Å². The maximum Gasteiger partial charge on any atom is 0.333 e. The maximum absolute atomic E-state index is 11.0. The molecule has 0 N–H and O–H groups in total. The minimum Gasteiger partial charge on any atom is -0.457 e. The largest absolute Gasteiger partial charge is 0.457 e. The predicted molar refractivity (Wildman–Crippen MR) is 44.7 cm³/mol. The van der Waals surface area contributed by atoms with Crippen molar-refractivity contribution in [3.05, 3.63) is 12.2 Å². The summed E-state index contributed by atoms with van der Waals surface area (Å²) in [6.07, 6.45) is 1.80. The van der Waals surface area contributed by atoms with Gasteiger partial charge >= 0.3 is 5.97 Å². The third-order valence-electron chi connectivity index (χ3n) is 1.74. The fourth-order valence-corrected chi connectivity index (χ4v) is 1.06. The Hall–Kier alpha value is -0.830. The second kappa shape index (κ2) is 4.26. The lowest BCUT2D eigenvalue weighted by Crippen LogP contribution is -2.28. The zero-order valence-electron chi connectivity index (χ0n) is 7.34. The third kappa shape index (κ3) is 2.66. The van der Waals surface area contributed by atoms with E-state index in [0.29, 0.717) is 12.2 Å². The van der Waals surface area contributed by atoms with Crippen molar-refractivity contribution in [1.82, 2.24) is 0 Å². The number of esters is 1. The van der Waals surface area contributed by atoms with Crippen molar-refractivity contribution in [1.29, 1.82) is 0 Å². The summed E-state index contributed by atoms with van der Waals surface area (Å²) in [6.45, 7) is 6.46. The Labute approximate surface area is 72.4 Å². The summed E-state index contributed by atoms with van der Waals surface area (Å²) in [5.41, 5.74) is 0.445. The van der Waals surface area contributed by atoms with Crippen LogP contribution in [0.2, 0.25) is 0 Å². The van der Waals surface area contributed by atoms with Gasteiger partial charge < -0.3 is 9.47 Å². The molecule has 1 rings (SSSR count). The molecule has 3 nitrogen and oxygen atoms in total. The van der Waals surface area contributed by atoms with E-state index in [1.807, 2.05) is 0 Å². The monoisotopic (exact) mass is 170 g/mol. The van der Waals surface area contributed by atoms with E-state index in [0.717, 1.165) is 19.4 Å². The molecular weight excluding hydrogens is 156 g/mol. The van der Waals surface area contributed by atoms with E-state index in [9.17, 15) is 4.79 Å². The Morgan fingerprint density at radius 2 is 2.42 bits per heavy atom. The lowest BCUT2D eigenvalue weighted by molar-refractivity contribution is -0.150. The van der Waals surface area contributed by atoms with Gasteiger partial charge in [-0.3, -0.25) is 0 Å². The molecule has 3 heteroatoms. The summed E-state index contributed by atoms with van der Waals surface area (Å²) in [5, 5.41) is 0. The molecule has 1 unspecified atom stereocenters. The van der Waals surface area contributed by atoms with Gasteiger partial charge in [0.05, 0.1) is 6.61 Å². The Morgan fingerprint density at radius 1 is 1.67 bits per heavy atom. The number of hydrogen-bond acceptors (Lipinski definition) is 3. The lowest BCUT2D eigenvalue weighted by atomic mass is 10.2. The third-order valence-corrected chi connectivity index (χ3v) is 1.74. The second-order valence-corrected chi connectivity index (χ2v) is 3.02. The topological polar surface area (TPSA) is 35.5 Å². The summed E-state index contributed by atoms with van der Waals surface area (Å²) in [6, 6.07) is 0. The zero-order valence-corrected chi connectivity index (χ0v) is 7.34. The predicted octanol–water partition coefficient (Wildman–Crippen LogP) is 1.28. The van der Waals surface area contributed by atoms with Gasteiger partial charge in [-0.1, -0.05) is 6.58 Å². The van der Waals surface area contributed by atoms with Crippen LogP contribution in [-0.2, 0) is 14.3 Å². The van der Waals surface area contributed by atoms with Gasteiger partial charge in [0.2, 0.25) is 0 Å². The van der Waals surface area contributed by atoms with Crippen molar-refractivity contribution in [3.8, 4) is 0 Å². The molecule has 0 aromatic carbocycles. The standard InChI is InChI=1S/C9H14O3/c1-7(2)9(10)12-8-4-3-5-11-6-8/h8H,1,3-6H2,2H3. The van der Waals surface area contributed by atoms with Crippen LogP contribution in [0.4, 0.5) is 0 Å². The van der Waals surface area contributed by atoms with Gasteiger partial charge in [-0.25, -0.2) is 4.79 Å². The number of carbonyl (C=O) groups is 1. The Balaban J connectivity index is 2.29. The summed E-state index contributed by atoms with van der Waals surface area (Å²) in [7, 11) is 0. The van der Waals surface area contributed by atoms with Crippen molar-refractivity contribution in [2.75, 3.05) is 13.2 Å². The first kappa shape index (κ1) is 9.26. The molecule has 1 atom stereocenters. The summed E-state index contributed by atoms with van der Waals surface area (Å²) >= 11 is 0. The van der Waals surface area contributed by atoms with Gasteiger partial charge in [0.25, 0.3) is 0 Å². The Kier molecular flexibility index (Phi) is 3.29. The molecule has 1 heterocycles. The molecule has 0 spiro atoms. The van der Waals surface area contributed by atoms with E-state index in [4.69, 9.17) is 9.47 Å². The second-order valence-electron chi connectivity index (χ2n) is 3.02. The fraction of sp³-hybridized carbons (Fsp3) is 0.667. The van der Waals surface area contributed by atoms with Crippen LogP contribution in [0, 0.1) is 0 Å². The van der Waals surface area contributed by atoms with Crippen LogP contribution in [0.15, 0.2) is 12.2 Å². The van der Waals surface area contributed by atoms with Crippen LogP contribution >= 0.6 is 0 Å². The minimum atomic E-state index is -0.314. The molecule has 68 valence electrons. The van der Waals surface area contributed by atoms with E-state index < -0.39 is 0 Å². The van der Waals surface area contributed by atoms with E-state index in [-0.39, 0.29) is 12.1 Å². The normalized spacial score (nSPS) is 23.2. The van der Waals surface area contributed by atoms with Crippen LogP contribution in [-0.4, -0.2) is 25.3 Å². The molecule has 0 aromatic heterocycles. The molecular formula is C9H14O3. The SMILES string of the molecule is C=C(C)C(=O)OC1CCCOC1. The smallest absolute Gasteiger partial charge is 0.333 e. The van der Waals surface area contributed by atoms with Gasteiger partial charge in [0, 0.05) is 12.2 Å². The van der Waals surface area contributed by atoms with Crippen LogP contribution in [0.5, 0.6) is 0 Å². The number of hydrogen-bond donors (Lipinski definition) is 0. The number of carbonyl (C=O) groups excluding carboxylic acids is 1. The van der Waals surface area contributed by atoms with Crippen LogP contribution in [0.1, 0.15) is 19.8 Å². The lowest BCUT2D eigenvalue weighted by Gasteiger charge is -2.22. The van der Waals surface area contributed by atoms with E-state index in [1.165, 1.54) is 0 Å². The van der Waals surface area contributed by atoms with Crippen LogP contribution in [0.25, 0.3) is 0 Å². The molecule has 0 saturated carbocycles. The molecule has 1 aliphatic heterocycles. The first-order valence-electron chi connectivity index (χ1n) is 4.14. The molecule has 0 radical (unpaired) electrons. The molecule has 1 saturated heterocycles. The quantitative estimate of drug-likeness (QED) is 0.462. The highest BCUT2D eigenvalue weighted by Gasteiger charge is 2.17. The van der Waals surface area contributed by atoms with Crippen molar-refractivity contribution in [3.63, 3.8) is 0 Å². The van der Waals surface area contributed by atoms with Crippen molar-refractivity contribution in [2.45, 2.75) is 25.9 Å². The van der Waals surface area contributed by atoms with E-state index in [2.05, 4.69) is 6.58 Å². The zero-order chi connectivity index (χ0) is 8.97. The van der Waals surface area contributed by atoms with Crippen molar-refractivity contribution < 1.29 is 14.3 Å². The fourth-order valence-electron chi connectivity index (χ4n) is 1.06. The Bertz CT molecular complexity index is 180. The maximum atomic E-state index is 11.0. The average Bonchev–Trinajstić information content (AvgIpc) is 2.06. The highest BCUT2D eigenvalue weighted by Crippen LogP contribution is 2.11. The molecule has 0 bridgehead atoms. The summed E-state index contributed by atoms with van der Waals surface area (Å²) in [4.78, 5) is 11.0. The number of ether oxygens (including phenoxy) is 2. The van der Waals surface area contributed by atoms with Gasteiger partial charge in [0.1, 0.15) is 6.10 Å². The minimum absolute atomic E-state index is 0.0667. The highest BCUT2D eigenvalue weighted by atomic mass is 16.6. The van der Waals surface area contributed by atoms with Gasteiger partial charge in [-0.15, -0.1) is 0 Å². The van der Waals surface area contributed by atoms with Gasteiger partial charge in [-0.05, 0) is 19.8 Å². The van der Waals surface area contributed by atoms with Crippen molar-refractivity contribution >= 4 is 5.97 Å².